The summed E-state index contributed by atoms with van der Waals surface area (Å²) in [6.07, 6.45) is 2.16. The molecule has 0 aliphatic heterocycles. The highest BCUT2D eigenvalue weighted by Crippen LogP contribution is 2.34. The Hall–Kier alpha value is -2.60. The quantitative estimate of drug-likeness (QED) is 0.391. The summed E-state index contributed by atoms with van der Waals surface area (Å²) >= 11 is 0. The molecule has 0 aliphatic carbocycles. The molecule has 0 bridgehead atoms. The Kier molecular flexibility index (Phi) is 3.82. The van der Waals surface area contributed by atoms with Crippen LogP contribution in [-0.2, 0) is 12.8 Å². The molecule has 0 saturated carbocycles. The smallest absolute Gasteiger partial charge is 0.00992 e. The first-order valence-electron chi connectivity index (χ1n) is 8.84. The SMILES string of the molecule is CCc1ccc2c(-c3cccc4cc(CC)ccc34)cccc2c1. The highest BCUT2D eigenvalue weighted by Gasteiger charge is 2.08. The molecule has 0 atom stereocenters. The van der Waals surface area contributed by atoms with Gasteiger partial charge >= 0.3 is 0 Å². The van der Waals surface area contributed by atoms with E-state index < -0.39 is 0 Å². The van der Waals surface area contributed by atoms with Crippen molar-refractivity contribution in [3.8, 4) is 11.1 Å². The first kappa shape index (κ1) is 15.0. The van der Waals surface area contributed by atoms with E-state index in [-0.39, 0.29) is 0 Å². The van der Waals surface area contributed by atoms with E-state index in [1.54, 1.807) is 0 Å². The minimum atomic E-state index is 1.08. The van der Waals surface area contributed by atoms with E-state index in [1.807, 2.05) is 0 Å². The second-order valence-corrected chi connectivity index (χ2v) is 6.43. The Balaban J connectivity index is 1.99. The third kappa shape index (κ3) is 2.49. The molecule has 0 fully saturated rings. The molecule has 0 N–H and O–H groups in total. The van der Waals surface area contributed by atoms with Gasteiger partial charge in [0.15, 0.2) is 0 Å². The van der Waals surface area contributed by atoms with Crippen molar-refractivity contribution in [2.24, 2.45) is 0 Å². The van der Waals surface area contributed by atoms with Gasteiger partial charge in [-0.15, -0.1) is 0 Å². The summed E-state index contributed by atoms with van der Waals surface area (Å²) in [5.74, 6) is 0. The predicted molar refractivity (Wildman–Crippen MR) is 106 cm³/mol. The highest BCUT2D eigenvalue weighted by atomic mass is 14.1. The fourth-order valence-corrected chi connectivity index (χ4v) is 3.58. The van der Waals surface area contributed by atoms with E-state index in [2.05, 4.69) is 86.6 Å². The van der Waals surface area contributed by atoms with Crippen molar-refractivity contribution >= 4 is 21.5 Å². The van der Waals surface area contributed by atoms with Crippen LogP contribution in [0.15, 0.2) is 72.8 Å². The molecule has 0 nitrogen and oxygen atoms in total. The van der Waals surface area contributed by atoms with Gasteiger partial charge in [-0.05, 0) is 56.6 Å². The maximum absolute atomic E-state index is 2.32. The monoisotopic (exact) mass is 310 g/mol. The average Bonchev–Trinajstić information content (AvgIpc) is 2.66. The van der Waals surface area contributed by atoms with Crippen LogP contribution in [0.2, 0.25) is 0 Å². The molecule has 0 heteroatoms. The van der Waals surface area contributed by atoms with Crippen LogP contribution in [0.4, 0.5) is 0 Å². The molecule has 24 heavy (non-hydrogen) atoms. The normalized spacial score (nSPS) is 11.2. The van der Waals surface area contributed by atoms with Gasteiger partial charge in [-0.2, -0.15) is 0 Å². The zero-order chi connectivity index (χ0) is 16.5. The van der Waals surface area contributed by atoms with E-state index in [1.165, 1.54) is 43.8 Å². The van der Waals surface area contributed by atoms with Gasteiger partial charge in [-0.3, -0.25) is 0 Å². The molecule has 118 valence electrons. The predicted octanol–water partition coefficient (Wildman–Crippen LogP) is 6.78. The first-order chi connectivity index (χ1) is 11.8. The minimum Gasteiger partial charge on any atom is -0.0613 e. The van der Waals surface area contributed by atoms with Crippen molar-refractivity contribution in [1.82, 2.24) is 0 Å². The number of aryl methyl sites for hydroxylation is 2. The van der Waals surface area contributed by atoms with E-state index in [0.29, 0.717) is 0 Å². The summed E-state index contributed by atoms with van der Waals surface area (Å²) in [5, 5.41) is 5.33. The zero-order valence-corrected chi connectivity index (χ0v) is 14.3. The Labute approximate surface area is 143 Å². The molecule has 4 rings (SSSR count). The maximum Gasteiger partial charge on any atom is -0.00992 e. The van der Waals surface area contributed by atoms with Crippen LogP contribution in [-0.4, -0.2) is 0 Å². The van der Waals surface area contributed by atoms with Crippen LogP contribution in [0.5, 0.6) is 0 Å². The van der Waals surface area contributed by atoms with Gasteiger partial charge in [0, 0.05) is 0 Å². The number of hydrogen-bond acceptors (Lipinski definition) is 0. The molecule has 0 spiro atoms. The highest BCUT2D eigenvalue weighted by molar-refractivity contribution is 6.05. The Bertz CT molecular complexity index is 939. The van der Waals surface area contributed by atoms with Gasteiger partial charge in [-0.25, -0.2) is 0 Å². The van der Waals surface area contributed by atoms with Crippen LogP contribution in [0, 0.1) is 0 Å². The summed E-state index contributed by atoms with van der Waals surface area (Å²) in [7, 11) is 0. The third-order valence-corrected chi connectivity index (χ3v) is 5.00. The van der Waals surface area contributed by atoms with E-state index in [9.17, 15) is 0 Å². The number of rotatable bonds is 3. The largest absolute Gasteiger partial charge is 0.0613 e. The summed E-state index contributed by atoms with van der Waals surface area (Å²) in [5.41, 5.74) is 5.44. The van der Waals surface area contributed by atoms with Crippen LogP contribution >= 0.6 is 0 Å². The number of benzene rings is 4. The first-order valence-corrected chi connectivity index (χ1v) is 8.84. The standard InChI is InChI=1S/C24H22/c1-3-17-11-13-21-19(15-17)7-5-9-23(21)24-10-6-8-20-16-18(4-2)12-14-22(20)24/h5-16H,3-4H2,1-2H3. The molecule has 4 aromatic rings. The lowest BCUT2D eigenvalue weighted by atomic mass is 9.92. The van der Waals surface area contributed by atoms with Crippen molar-refractivity contribution in [2.45, 2.75) is 26.7 Å². The second-order valence-electron chi connectivity index (χ2n) is 6.43. The molecule has 0 saturated heterocycles. The fourth-order valence-electron chi connectivity index (χ4n) is 3.58. The average molecular weight is 310 g/mol. The number of hydrogen-bond donors (Lipinski definition) is 0. The van der Waals surface area contributed by atoms with E-state index >= 15 is 0 Å². The minimum absolute atomic E-state index is 1.08. The van der Waals surface area contributed by atoms with Gasteiger partial charge < -0.3 is 0 Å². The van der Waals surface area contributed by atoms with Crippen molar-refractivity contribution in [3.63, 3.8) is 0 Å². The molecule has 0 aromatic heterocycles. The molecule has 0 radical (unpaired) electrons. The van der Waals surface area contributed by atoms with Crippen LogP contribution < -0.4 is 0 Å². The molecule has 0 aliphatic rings. The third-order valence-electron chi connectivity index (χ3n) is 5.00. The zero-order valence-electron chi connectivity index (χ0n) is 14.3. The van der Waals surface area contributed by atoms with Gasteiger partial charge in [-0.1, -0.05) is 86.6 Å². The van der Waals surface area contributed by atoms with Crippen molar-refractivity contribution < 1.29 is 0 Å². The topological polar surface area (TPSA) is 0 Å². The van der Waals surface area contributed by atoms with Gasteiger partial charge in [0.1, 0.15) is 0 Å². The van der Waals surface area contributed by atoms with Crippen LogP contribution in [0.3, 0.4) is 0 Å². The van der Waals surface area contributed by atoms with Gasteiger partial charge in [0.05, 0.1) is 0 Å². The summed E-state index contributed by atoms with van der Waals surface area (Å²) < 4.78 is 0. The molecule has 0 heterocycles. The molecule has 4 aromatic carbocycles. The number of fused-ring (bicyclic) bond motifs is 2. The molecular formula is C24H22. The lowest BCUT2D eigenvalue weighted by molar-refractivity contribution is 1.15. The van der Waals surface area contributed by atoms with Crippen LogP contribution in [0.25, 0.3) is 32.7 Å². The Morgan fingerprint density at radius 2 is 1.00 bits per heavy atom. The Morgan fingerprint density at radius 1 is 0.542 bits per heavy atom. The maximum atomic E-state index is 2.32. The summed E-state index contributed by atoms with van der Waals surface area (Å²) in [6.45, 7) is 4.42. The fraction of sp³-hybridized carbons (Fsp3) is 0.167. The van der Waals surface area contributed by atoms with Crippen molar-refractivity contribution in [3.05, 3.63) is 83.9 Å². The van der Waals surface area contributed by atoms with Crippen molar-refractivity contribution in [2.75, 3.05) is 0 Å². The Morgan fingerprint density at radius 3 is 1.42 bits per heavy atom. The second kappa shape index (κ2) is 6.13. The van der Waals surface area contributed by atoms with E-state index in [4.69, 9.17) is 0 Å². The van der Waals surface area contributed by atoms with E-state index in [0.717, 1.165) is 12.8 Å². The molecule has 0 amide bonds. The van der Waals surface area contributed by atoms with Gasteiger partial charge in [0.25, 0.3) is 0 Å². The summed E-state index contributed by atoms with van der Waals surface area (Å²) in [6, 6.07) is 27.0. The molecule has 0 unspecified atom stereocenters. The lowest BCUT2D eigenvalue weighted by Gasteiger charge is -2.12. The van der Waals surface area contributed by atoms with Crippen LogP contribution in [0.1, 0.15) is 25.0 Å². The lowest BCUT2D eigenvalue weighted by Crippen LogP contribution is -1.87. The summed E-state index contributed by atoms with van der Waals surface area (Å²) in [4.78, 5) is 0. The van der Waals surface area contributed by atoms with Crippen molar-refractivity contribution in [1.29, 1.82) is 0 Å². The van der Waals surface area contributed by atoms with Gasteiger partial charge in [0.2, 0.25) is 0 Å². The molecular weight excluding hydrogens is 288 g/mol.